The van der Waals surface area contributed by atoms with Crippen LogP contribution >= 0.6 is 35.0 Å². The molecule has 0 saturated heterocycles. The van der Waals surface area contributed by atoms with E-state index in [1.165, 1.54) is 4.90 Å². The number of hydrogen-bond donors (Lipinski definition) is 0. The summed E-state index contributed by atoms with van der Waals surface area (Å²) in [4.78, 5) is 1.17. The summed E-state index contributed by atoms with van der Waals surface area (Å²) in [6.07, 6.45) is 2.02. The zero-order valence-electron chi connectivity index (χ0n) is 6.10. The van der Waals surface area contributed by atoms with Crippen LogP contribution in [0.25, 0.3) is 0 Å². The highest BCUT2D eigenvalue weighted by molar-refractivity contribution is 7.98. The largest absolute Gasteiger partial charge is 0.130 e. The van der Waals surface area contributed by atoms with Crippen molar-refractivity contribution in [2.45, 2.75) is 10.8 Å². The molecule has 0 aliphatic carbocycles. The molecule has 0 radical (unpaired) electrons. The molecule has 0 N–H and O–H groups in total. The second-order valence-electron chi connectivity index (χ2n) is 2.09. The van der Waals surface area contributed by atoms with Crippen LogP contribution in [-0.2, 0) is 5.88 Å². The van der Waals surface area contributed by atoms with Gasteiger partial charge in [0.15, 0.2) is 0 Å². The lowest BCUT2D eigenvalue weighted by atomic mass is 10.2. The normalized spacial score (nSPS) is 10.1. The van der Waals surface area contributed by atoms with Crippen molar-refractivity contribution in [2.75, 3.05) is 6.26 Å². The molecule has 11 heavy (non-hydrogen) atoms. The maximum absolute atomic E-state index is 5.91. The molecule has 0 amide bonds. The molecular weight excluding hydrogens is 199 g/mol. The Morgan fingerprint density at radius 3 is 2.64 bits per heavy atom. The smallest absolute Gasteiger partial charge is 0.0488 e. The number of hydrogen-bond acceptors (Lipinski definition) is 1. The van der Waals surface area contributed by atoms with Gasteiger partial charge in [0.25, 0.3) is 0 Å². The number of benzene rings is 1. The highest BCUT2D eigenvalue weighted by Crippen LogP contribution is 2.24. The molecule has 0 aliphatic heterocycles. The van der Waals surface area contributed by atoms with Crippen LogP contribution in [-0.4, -0.2) is 6.26 Å². The van der Waals surface area contributed by atoms with E-state index in [1.807, 2.05) is 24.5 Å². The van der Waals surface area contributed by atoms with Crippen molar-refractivity contribution in [3.8, 4) is 0 Å². The fourth-order valence-corrected chi connectivity index (χ4v) is 1.82. The van der Waals surface area contributed by atoms with E-state index in [0.29, 0.717) is 5.88 Å². The van der Waals surface area contributed by atoms with Crippen LogP contribution in [0.15, 0.2) is 23.1 Å². The number of thioether (sulfide) groups is 1. The number of halogens is 2. The highest BCUT2D eigenvalue weighted by Gasteiger charge is 1.98. The third-order valence-electron chi connectivity index (χ3n) is 1.40. The molecule has 0 heterocycles. The Balaban J connectivity index is 2.99. The zero-order valence-corrected chi connectivity index (χ0v) is 8.43. The van der Waals surface area contributed by atoms with Crippen molar-refractivity contribution < 1.29 is 0 Å². The third kappa shape index (κ3) is 2.29. The fraction of sp³-hybridized carbons (Fsp3) is 0.250. The minimum atomic E-state index is 0.480. The van der Waals surface area contributed by atoms with E-state index in [0.717, 1.165) is 10.6 Å². The van der Waals surface area contributed by atoms with E-state index < -0.39 is 0 Å². The van der Waals surface area contributed by atoms with Crippen LogP contribution in [0.1, 0.15) is 5.56 Å². The van der Waals surface area contributed by atoms with Gasteiger partial charge in [-0.25, -0.2) is 0 Å². The summed E-state index contributed by atoms with van der Waals surface area (Å²) >= 11 is 13.2. The molecular formula is C8H8Cl2S. The van der Waals surface area contributed by atoms with Crippen LogP contribution in [0.4, 0.5) is 0 Å². The molecule has 0 aromatic heterocycles. The lowest BCUT2D eigenvalue weighted by molar-refractivity contribution is 1.34. The first-order valence-corrected chi connectivity index (χ1v) is 5.30. The van der Waals surface area contributed by atoms with Crippen molar-refractivity contribution in [2.24, 2.45) is 0 Å². The minimum Gasteiger partial charge on any atom is -0.130 e. The molecule has 0 aliphatic rings. The summed E-state index contributed by atoms with van der Waals surface area (Å²) in [6.45, 7) is 0. The van der Waals surface area contributed by atoms with E-state index >= 15 is 0 Å². The Morgan fingerprint density at radius 2 is 2.18 bits per heavy atom. The maximum atomic E-state index is 5.91. The van der Waals surface area contributed by atoms with Gasteiger partial charge in [0.05, 0.1) is 0 Å². The predicted molar refractivity (Wildman–Crippen MR) is 52.8 cm³/mol. The van der Waals surface area contributed by atoms with Gasteiger partial charge in [0, 0.05) is 15.8 Å². The van der Waals surface area contributed by atoms with Gasteiger partial charge in [0.2, 0.25) is 0 Å². The highest BCUT2D eigenvalue weighted by atomic mass is 35.5. The van der Waals surface area contributed by atoms with Gasteiger partial charge in [-0.15, -0.1) is 23.4 Å². The van der Waals surface area contributed by atoms with Crippen LogP contribution < -0.4 is 0 Å². The standard InChI is InChI=1S/C8H8Cl2S/c1-11-7-3-2-6(5-9)8(10)4-7/h2-4H,5H2,1H3. The van der Waals surface area contributed by atoms with E-state index in [-0.39, 0.29) is 0 Å². The van der Waals surface area contributed by atoms with E-state index in [4.69, 9.17) is 23.2 Å². The van der Waals surface area contributed by atoms with Crippen LogP contribution in [0, 0.1) is 0 Å². The summed E-state index contributed by atoms with van der Waals surface area (Å²) in [5, 5.41) is 0.756. The Morgan fingerprint density at radius 1 is 1.45 bits per heavy atom. The van der Waals surface area contributed by atoms with E-state index in [2.05, 4.69) is 0 Å². The average Bonchev–Trinajstić information content (AvgIpc) is 2.04. The first-order chi connectivity index (χ1) is 5.27. The van der Waals surface area contributed by atoms with Gasteiger partial charge in [-0.3, -0.25) is 0 Å². The van der Waals surface area contributed by atoms with Gasteiger partial charge in [0.1, 0.15) is 0 Å². The molecule has 1 rings (SSSR count). The lowest BCUT2D eigenvalue weighted by Crippen LogP contribution is -1.79. The van der Waals surface area contributed by atoms with Gasteiger partial charge in [-0.1, -0.05) is 17.7 Å². The topological polar surface area (TPSA) is 0 Å². The Hall–Kier alpha value is 0.150. The molecule has 0 nitrogen and oxygen atoms in total. The fourth-order valence-electron chi connectivity index (χ4n) is 0.763. The summed E-state index contributed by atoms with van der Waals surface area (Å²) in [5.74, 6) is 0.480. The number of rotatable bonds is 2. The van der Waals surface area contributed by atoms with Gasteiger partial charge < -0.3 is 0 Å². The zero-order chi connectivity index (χ0) is 8.27. The maximum Gasteiger partial charge on any atom is 0.0488 e. The number of alkyl halides is 1. The van der Waals surface area contributed by atoms with E-state index in [1.54, 1.807) is 11.8 Å². The SMILES string of the molecule is CSc1ccc(CCl)c(Cl)c1. The van der Waals surface area contributed by atoms with E-state index in [9.17, 15) is 0 Å². The molecule has 0 bridgehead atoms. The molecule has 0 fully saturated rings. The molecule has 3 heteroatoms. The minimum absolute atomic E-state index is 0.480. The summed E-state index contributed by atoms with van der Waals surface area (Å²) in [5.41, 5.74) is 0.992. The van der Waals surface area contributed by atoms with Crippen molar-refractivity contribution >= 4 is 35.0 Å². The summed E-state index contributed by atoms with van der Waals surface area (Å²) < 4.78 is 0. The summed E-state index contributed by atoms with van der Waals surface area (Å²) in [6, 6.07) is 5.92. The molecule has 0 atom stereocenters. The second-order valence-corrected chi connectivity index (χ2v) is 3.65. The van der Waals surface area contributed by atoms with Gasteiger partial charge in [-0.2, -0.15) is 0 Å². The molecule has 1 aromatic rings. The van der Waals surface area contributed by atoms with Crippen LogP contribution in [0.5, 0.6) is 0 Å². The Labute approximate surface area is 80.9 Å². The first kappa shape index (κ1) is 9.24. The van der Waals surface area contributed by atoms with Gasteiger partial charge in [-0.05, 0) is 24.0 Å². The molecule has 1 aromatic carbocycles. The monoisotopic (exact) mass is 206 g/mol. The Bertz CT molecular complexity index is 248. The van der Waals surface area contributed by atoms with Crippen LogP contribution in [0.2, 0.25) is 5.02 Å². The first-order valence-electron chi connectivity index (χ1n) is 3.16. The quantitative estimate of drug-likeness (QED) is 0.525. The van der Waals surface area contributed by atoms with Crippen molar-refractivity contribution in [3.05, 3.63) is 28.8 Å². The second kappa shape index (κ2) is 4.24. The summed E-state index contributed by atoms with van der Waals surface area (Å²) in [7, 11) is 0. The van der Waals surface area contributed by atoms with Crippen LogP contribution in [0.3, 0.4) is 0 Å². The molecule has 0 unspecified atom stereocenters. The Kier molecular flexibility index (Phi) is 3.57. The lowest BCUT2D eigenvalue weighted by Gasteiger charge is -2.01. The van der Waals surface area contributed by atoms with Crippen molar-refractivity contribution in [1.29, 1.82) is 0 Å². The van der Waals surface area contributed by atoms with Gasteiger partial charge >= 0.3 is 0 Å². The third-order valence-corrected chi connectivity index (χ3v) is 2.77. The molecule has 0 spiro atoms. The molecule has 0 saturated carbocycles. The van der Waals surface area contributed by atoms with Crippen molar-refractivity contribution in [1.82, 2.24) is 0 Å². The van der Waals surface area contributed by atoms with Crippen molar-refractivity contribution in [3.63, 3.8) is 0 Å². The predicted octanol–water partition coefficient (Wildman–Crippen LogP) is 3.80. The molecule has 60 valence electrons. The average molecular weight is 207 g/mol.